The van der Waals surface area contributed by atoms with Gasteiger partial charge in [0, 0.05) is 11.8 Å². The highest BCUT2D eigenvalue weighted by atomic mass is 35.5. The van der Waals surface area contributed by atoms with Crippen LogP contribution in [-0.4, -0.2) is 16.6 Å². The Labute approximate surface area is 146 Å². The standard InChI is InChI=1S/C17H11ClN4OS/c18-12-7-4-8-13-15(12)20-17(24-13)22-16(23)11(9-19)14(21-22)10-5-2-1-3-6-10/h1-9H,19H2/b11-9+. The first-order valence-corrected chi connectivity index (χ1v) is 8.34. The van der Waals surface area contributed by atoms with Crippen molar-refractivity contribution >= 4 is 49.9 Å². The Balaban J connectivity index is 1.84. The molecule has 0 saturated carbocycles. The van der Waals surface area contributed by atoms with E-state index in [0.717, 1.165) is 10.3 Å². The lowest BCUT2D eigenvalue weighted by molar-refractivity contribution is -0.114. The van der Waals surface area contributed by atoms with Gasteiger partial charge in [-0.3, -0.25) is 4.79 Å². The summed E-state index contributed by atoms with van der Waals surface area (Å²) in [4.78, 5) is 17.1. The second-order valence-corrected chi connectivity index (χ2v) is 6.51. The number of rotatable bonds is 2. The van der Waals surface area contributed by atoms with E-state index in [1.54, 1.807) is 6.07 Å². The third-order valence-electron chi connectivity index (χ3n) is 3.63. The molecule has 0 aliphatic carbocycles. The highest BCUT2D eigenvalue weighted by Crippen LogP contribution is 2.35. The number of halogens is 1. The first-order chi connectivity index (χ1) is 11.7. The summed E-state index contributed by atoms with van der Waals surface area (Å²) in [5.41, 5.74) is 8.04. The van der Waals surface area contributed by atoms with E-state index in [-0.39, 0.29) is 5.91 Å². The number of benzene rings is 2. The SMILES string of the molecule is N/C=C1/C(=O)N(c2nc3c(Cl)cccc3s2)N=C1c1ccccc1. The monoisotopic (exact) mass is 354 g/mol. The first kappa shape index (κ1) is 14.9. The van der Waals surface area contributed by atoms with E-state index in [2.05, 4.69) is 10.1 Å². The van der Waals surface area contributed by atoms with Crippen molar-refractivity contribution in [2.75, 3.05) is 5.01 Å². The van der Waals surface area contributed by atoms with Gasteiger partial charge in [-0.05, 0) is 12.1 Å². The maximum Gasteiger partial charge on any atom is 0.284 e. The van der Waals surface area contributed by atoms with Gasteiger partial charge in [0.2, 0.25) is 5.13 Å². The van der Waals surface area contributed by atoms with Gasteiger partial charge < -0.3 is 5.73 Å². The van der Waals surface area contributed by atoms with Gasteiger partial charge in [0.15, 0.2) is 0 Å². The van der Waals surface area contributed by atoms with Crippen LogP contribution in [0.1, 0.15) is 5.56 Å². The Morgan fingerprint density at radius 2 is 1.92 bits per heavy atom. The van der Waals surface area contributed by atoms with E-state index in [1.165, 1.54) is 22.5 Å². The average Bonchev–Trinajstić information content (AvgIpc) is 3.17. The van der Waals surface area contributed by atoms with Crippen molar-refractivity contribution in [3.05, 3.63) is 70.9 Å². The molecule has 0 fully saturated rings. The lowest BCUT2D eigenvalue weighted by atomic mass is 10.0. The quantitative estimate of drug-likeness (QED) is 0.715. The fourth-order valence-corrected chi connectivity index (χ4v) is 3.71. The van der Waals surface area contributed by atoms with E-state index < -0.39 is 0 Å². The molecule has 5 nitrogen and oxygen atoms in total. The molecule has 0 bridgehead atoms. The number of nitrogens with two attached hydrogens (primary N) is 1. The minimum absolute atomic E-state index is 0.300. The first-order valence-electron chi connectivity index (χ1n) is 7.15. The number of para-hydroxylation sites is 1. The number of carbonyl (C=O) groups excluding carboxylic acids is 1. The van der Waals surface area contributed by atoms with E-state index >= 15 is 0 Å². The number of thiazole rings is 1. The second-order valence-electron chi connectivity index (χ2n) is 5.09. The molecule has 1 aliphatic rings. The molecule has 2 aromatic carbocycles. The van der Waals surface area contributed by atoms with E-state index in [0.29, 0.717) is 27.0 Å². The zero-order valence-corrected chi connectivity index (χ0v) is 13.9. The maximum absolute atomic E-state index is 12.7. The number of amides is 1. The smallest absolute Gasteiger partial charge is 0.284 e. The fraction of sp³-hybridized carbons (Fsp3) is 0. The van der Waals surface area contributed by atoms with Crippen molar-refractivity contribution in [1.29, 1.82) is 0 Å². The molecule has 1 aromatic heterocycles. The molecular formula is C17H11ClN4OS. The van der Waals surface area contributed by atoms with Gasteiger partial charge >= 0.3 is 0 Å². The van der Waals surface area contributed by atoms with E-state index in [9.17, 15) is 4.79 Å². The van der Waals surface area contributed by atoms with Gasteiger partial charge in [0.05, 0.1) is 15.3 Å². The van der Waals surface area contributed by atoms with Gasteiger partial charge in [-0.25, -0.2) is 4.98 Å². The summed E-state index contributed by atoms with van der Waals surface area (Å²) in [7, 11) is 0. The molecule has 4 rings (SSSR count). The van der Waals surface area contributed by atoms with Gasteiger partial charge in [0.1, 0.15) is 11.2 Å². The lowest BCUT2D eigenvalue weighted by Crippen LogP contribution is -2.21. The highest BCUT2D eigenvalue weighted by Gasteiger charge is 2.33. The average molecular weight is 355 g/mol. The van der Waals surface area contributed by atoms with Gasteiger partial charge in [-0.1, -0.05) is 59.3 Å². The zero-order chi connectivity index (χ0) is 16.7. The van der Waals surface area contributed by atoms with E-state index in [1.807, 2.05) is 42.5 Å². The van der Waals surface area contributed by atoms with Gasteiger partial charge in [-0.15, -0.1) is 0 Å². The van der Waals surface area contributed by atoms with Crippen molar-refractivity contribution < 1.29 is 4.79 Å². The molecule has 0 saturated heterocycles. The molecule has 3 aromatic rings. The zero-order valence-electron chi connectivity index (χ0n) is 12.3. The Kier molecular flexibility index (Phi) is 3.55. The molecule has 7 heteroatoms. The predicted octanol–water partition coefficient (Wildman–Crippen LogP) is 3.54. The molecule has 0 unspecified atom stereocenters. The molecule has 0 spiro atoms. The molecule has 2 N–H and O–H groups in total. The van der Waals surface area contributed by atoms with Gasteiger partial charge in [-0.2, -0.15) is 10.1 Å². The number of carbonyl (C=O) groups is 1. The van der Waals surface area contributed by atoms with Crippen molar-refractivity contribution in [3.63, 3.8) is 0 Å². The molecule has 0 radical (unpaired) electrons. The largest absolute Gasteiger partial charge is 0.404 e. The van der Waals surface area contributed by atoms with Gasteiger partial charge in [0.25, 0.3) is 5.91 Å². The third-order valence-corrected chi connectivity index (χ3v) is 4.93. The maximum atomic E-state index is 12.7. The van der Waals surface area contributed by atoms with Crippen LogP contribution >= 0.6 is 22.9 Å². The Bertz CT molecular complexity index is 1010. The number of anilines is 1. The van der Waals surface area contributed by atoms with Crippen molar-refractivity contribution in [2.24, 2.45) is 10.8 Å². The normalized spacial score (nSPS) is 16.2. The summed E-state index contributed by atoms with van der Waals surface area (Å²) >= 11 is 7.52. The topological polar surface area (TPSA) is 71.6 Å². The minimum Gasteiger partial charge on any atom is -0.404 e. The second kappa shape index (κ2) is 5.74. The molecule has 1 aliphatic heterocycles. The third kappa shape index (κ3) is 2.28. The van der Waals surface area contributed by atoms with Crippen molar-refractivity contribution in [2.45, 2.75) is 0 Å². The number of fused-ring (bicyclic) bond motifs is 1. The summed E-state index contributed by atoms with van der Waals surface area (Å²) in [5, 5.41) is 6.73. The van der Waals surface area contributed by atoms with Crippen LogP contribution in [-0.2, 0) is 4.79 Å². The van der Waals surface area contributed by atoms with Crippen LogP contribution < -0.4 is 10.7 Å². The summed E-state index contributed by atoms with van der Waals surface area (Å²) < 4.78 is 0.895. The number of hydrogen-bond donors (Lipinski definition) is 1. The van der Waals surface area contributed by atoms with Crippen LogP contribution in [0.25, 0.3) is 10.2 Å². The van der Waals surface area contributed by atoms with Crippen molar-refractivity contribution in [1.82, 2.24) is 4.98 Å². The Hall–Kier alpha value is -2.70. The van der Waals surface area contributed by atoms with Crippen LogP contribution in [0.5, 0.6) is 0 Å². The van der Waals surface area contributed by atoms with Crippen molar-refractivity contribution in [3.8, 4) is 0 Å². The summed E-state index contributed by atoms with van der Waals surface area (Å²) in [6.45, 7) is 0. The molecular weight excluding hydrogens is 344 g/mol. The summed E-state index contributed by atoms with van der Waals surface area (Å²) in [5.74, 6) is -0.300. The molecule has 24 heavy (non-hydrogen) atoms. The number of hydrazone groups is 1. The predicted molar refractivity (Wildman–Crippen MR) is 97.4 cm³/mol. The van der Waals surface area contributed by atoms with Crippen LogP contribution in [0, 0.1) is 0 Å². The Morgan fingerprint density at radius 1 is 1.12 bits per heavy atom. The Morgan fingerprint density at radius 3 is 2.62 bits per heavy atom. The molecule has 118 valence electrons. The van der Waals surface area contributed by atoms with Crippen LogP contribution in [0.4, 0.5) is 5.13 Å². The van der Waals surface area contributed by atoms with E-state index in [4.69, 9.17) is 17.3 Å². The highest BCUT2D eigenvalue weighted by molar-refractivity contribution is 7.22. The molecule has 0 atom stereocenters. The van der Waals surface area contributed by atoms with Crippen LogP contribution in [0.3, 0.4) is 0 Å². The fourth-order valence-electron chi connectivity index (χ4n) is 2.50. The minimum atomic E-state index is -0.300. The van der Waals surface area contributed by atoms with Crippen LogP contribution in [0.15, 0.2) is 65.4 Å². The molecule has 2 heterocycles. The number of hydrogen-bond acceptors (Lipinski definition) is 5. The van der Waals surface area contributed by atoms with Crippen LogP contribution in [0.2, 0.25) is 5.02 Å². The summed E-state index contributed by atoms with van der Waals surface area (Å²) in [6.07, 6.45) is 1.29. The summed E-state index contributed by atoms with van der Waals surface area (Å²) in [6, 6.07) is 15.0. The lowest BCUT2D eigenvalue weighted by Gasteiger charge is -2.05. The molecule has 1 amide bonds. The number of nitrogens with zero attached hydrogens (tertiary/aromatic N) is 3. The number of aromatic nitrogens is 1.